The molecule has 0 N–H and O–H groups in total. The first-order valence-corrected chi connectivity index (χ1v) is 16.6. The molecule has 2 nitrogen and oxygen atoms in total. The SMILES string of the molecule is CC1(C)C[C@]23C[C@H]4CC[C@H](C#N)[C@@]45[C@@]2(C[Si](C)(C)O3)C1=CC[Si]5(C)C. The molecular formula is C21H33NOSi2. The summed E-state index contributed by atoms with van der Waals surface area (Å²) in [6, 6.07) is 5.43. The molecule has 0 aromatic carbocycles. The normalized spacial score (nSPS) is 52.9. The van der Waals surface area contributed by atoms with E-state index in [1.165, 1.54) is 31.4 Å². The van der Waals surface area contributed by atoms with Crippen molar-refractivity contribution in [1.82, 2.24) is 0 Å². The highest BCUT2D eigenvalue weighted by Crippen LogP contribution is 2.90. The summed E-state index contributed by atoms with van der Waals surface area (Å²) in [5.41, 5.74) is 2.24. The van der Waals surface area contributed by atoms with Gasteiger partial charge in [0.05, 0.1) is 25.7 Å². The second kappa shape index (κ2) is 4.20. The van der Waals surface area contributed by atoms with Gasteiger partial charge in [-0.15, -0.1) is 0 Å². The maximum absolute atomic E-state index is 10.3. The topological polar surface area (TPSA) is 33.0 Å². The molecule has 0 radical (unpaired) electrons. The van der Waals surface area contributed by atoms with Crippen LogP contribution >= 0.6 is 0 Å². The zero-order valence-corrected chi connectivity index (χ0v) is 18.8. The second-order valence-electron chi connectivity index (χ2n) is 11.7. The minimum absolute atomic E-state index is 0.0585. The van der Waals surface area contributed by atoms with Gasteiger partial charge in [-0.1, -0.05) is 38.6 Å². The van der Waals surface area contributed by atoms with Crippen LogP contribution in [0.1, 0.15) is 39.5 Å². The van der Waals surface area contributed by atoms with Gasteiger partial charge >= 0.3 is 0 Å². The summed E-state index contributed by atoms with van der Waals surface area (Å²) in [7, 11) is -3.26. The van der Waals surface area contributed by atoms with Crippen LogP contribution in [-0.4, -0.2) is 22.0 Å². The highest BCUT2D eigenvalue weighted by Gasteiger charge is 2.87. The molecule has 2 aliphatic heterocycles. The average Bonchev–Trinajstić information content (AvgIpc) is 3.01. The first-order chi connectivity index (χ1) is 11.5. The fraction of sp³-hybridized carbons (Fsp3) is 0.857. The number of hydrogen-bond acceptors (Lipinski definition) is 2. The van der Waals surface area contributed by atoms with Gasteiger partial charge in [0, 0.05) is 5.41 Å². The third-order valence-electron chi connectivity index (χ3n) is 9.23. The molecule has 0 aromatic heterocycles. The van der Waals surface area contributed by atoms with Crippen molar-refractivity contribution in [3.05, 3.63) is 11.6 Å². The van der Waals surface area contributed by atoms with Gasteiger partial charge < -0.3 is 4.43 Å². The summed E-state index contributed by atoms with van der Waals surface area (Å²) in [6.45, 7) is 15.0. The summed E-state index contributed by atoms with van der Waals surface area (Å²) in [5.74, 6) is 1.01. The third kappa shape index (κ3) is 1.47. The summed E-state index contributed by atoms with van der Waals surface area (Å²) < 4.78 is 7.18. The molecule has 4 heteroatoms. The van der Waals surface area contributed by atoms with Gasteiger partial charge in [-0.25, -0.2) is 0 Å². The van der Waals surface area contributed by atoms with Crippen LogP contribution < -0.4 is 0 Å². The van der Waals surface area contributed by atoms with Crippen LogP contribution in [0, 0.1) is 34.0 Å². The molecule has 0 unspecified atom stereocenters. The molecule has 136 valence electrons. The van der Waals surface area contributed by atoms with E-state index in [1.807, 2.05) is 0 Å². The summed E-state index contributed by atoms with van der Waals surface area (Å²) in [6.07, 6.45) is 7.54. The van der Waals surface area contributed by atoms with Crippen molar-refractivity contribution < 1.29 is 4.43 Å². The molecule has 2 spiro atoms. The largest absolute Gasteiger partial charge is 0.411 e. The summed E-state index contributed by atoms with van der Waals surface area (Å²) in [5, 5.41) is 10.5. The van der Waals surface area contributed by atoms with E-state index in [1.54, 1.807) is 5.57 Å². The van der Waals surface area contributed by atoms with Crippen LogP contribution in [0.3, 0.4) is 0 Å². The minimum atomic E-state index is -1.68. The van der Waals surface area contributed by atoms with Gasteiger partial charge in [-0.2, -0.15) is 5.26 Å². The predicted molar refractivity (Wildman–Crippen MR) is 106 cm³/mol. The molecule has 5 rings (SSSR count). The van der Waals surface area contributed by atoms with Gasteiger partial charge in [-0.3, -0.25) is 0 Å². The van der Waals surface area contributed by atoms with Crippen molar-refractivity contribution in [2.24, 2.45) is 22.7 Å². The number of hydrogen-bond donors (Lipinski definition) is 0. The number of allylic oxidation sites excluding steroid dienone is 1. The highest BCUT2D eigenvalue weighted by atomic mass is 28.4. The Morgan fingerprint density at radius 3 is 2.60 bits per heavy atom. The number of rotatable bonds is 0. The Kier molecular flexibility index (Phi) is 2.82. The van der Waals surface area contributed by atoms with Crippen LogP contribution in [0.4, 0.5) is 0 Å². The molecule has 2 heterocycles. The fourth-order valence-electron chi connectivity index (χ4n) is 9.56. The Hall–Kier alpha value is -0.376. The van der Waals surface area contributed by atoms with Crippen LogP contribution in [0.5, 0.6) is 0 Å². The second-order valence-corrected chi connectivity index (χ2v) is 20.8. The smallest absolute Gasteiger partial charge is 0.188 e. The van der Waals surface area contributed by atoms with Crippen LogP contribution in [0.25, 0.3) is 0 Å². The minimum Gasteiger partial charge on any atom is -0.411 e. The molecule has 0 aromatic rings. The van der Waals surface area contributed by atoms with Crippen molar-refractivity contribution in [2.75, 3.05) is 0 Å². The molecule has 4 fully saturated rings. The maximum atomic E-state index is 10.3. The molecule has 3 aliphatic carbocycles. The standard InChI is InChI=1S/C21H33NOSi2/c1-18(2)13-19-11-15-7-8-16(12-22)21(15)20(19,14-25(5,6)23-19)17(18)9-10-24(21,3)4/h9,15-16H,7-8,10-11,13-14H2,1-6H3/t15-,16-,19-,20+,21-/m1/s1. The van der Waals surface area contributed by atoms with E-state index in [0.717, 1.165) is 12.3 Å². The average molecular weight is 372 g/mol. The summed E-state index contributed by atoms with van der Waals surface area (Å²) >= 11 is 0. The van der Waals surface area contributed by atoms with Crippen LogP contribution in [-0.2, 0) is 4.43 Å². The Bertz CT molecular complexity index is 747. The Morgan fingerprint density at radius 1 is 1.20 bits per heavy atom. The molecule has 5 aliphatic rings. The van der Waals surface area contributed by atoms with Gasteiger partial charge in [0.15, 0.2) is 8.32 Å². The van der Waals surface area contributed by atoms with Crippen molar-refractivity contribution in [2.45, 2.75) is 88.4 Å². The Balaban J connectivity index is 1.89. The van der Waals surface area contributed by atoms with E-state index in [0.29, 0.717) is 0 Å². The molecular weight excluding hydrogens is 338 g/mol. The highest BCUT2D eigenvalue weighted by molar-refractivity contribution is 6.82. The van der Waals surface area contributed by atoms with Crippen molar-refractivity contribution in [3.8, 4) is 6.07 Å². The van der Waals surface area contributed by atoms with E-state index in [9.17, 15) is 5.26 Å². The van der Waals surface area contributed by atoms with E-state index in [2.05, 4.69) is 52.2 Å². The van der Waals surface area contributed by atoms with Gasteiger partial charge in [0.2, 0.25) is 0 Å². The Labute approximate surface area is 155 Å². The fourth-order valence-corrected chi connectivity index (χ4v) is 18.4. The molecule has 0 bridgehead atoms. The number of nitriles is 1. The van der Waals surface area contributed by atoms with Crippen molar-refractivity contribution >= 4 is 16.4 Å². The predicted octanol–water partition coefficient (Wildman–Crippen LogP) is 5.72. The molecule has 25 heavy (non-hydrogen) atoms. The molecule has 0 amide bonds. The van der Waals surface area contributed by atoms with Gasteiger partial charge in [0.1, 0.15) is 0 Å². The quantitative estimate of drug-likeness (QED) is 0.403. The van der Waals surface area contributed by atoms with E-state index < -0.39 is 16.4 Å². The molecule has 5 atom stereocenters. The lowest BCUT2D eigenvalue weighted by Gasteiger charge is -2.60. The maximum Gasteiger partial charge on any atom is 0.188 e. The van der Waals surface area contributed by atoms with E-state index >= 15 is 0 Å². The van der Waals surface area contributed by atoms with Gasteiger partial charge in [-0.05, 0) is 67.2 Å². The van der Waals surface area contributed by atoms with Crippen molar-refractivity contribution in [1.29, 1.82) is 5.26 Å². The molecule has 3 saturated carbocycles. The van der Waals surface area contributed by atoms with Crippen LogP contribution in [0.15, 0.2) is 11.6 Å². The lowest BCUT2D eigenvalue weighted by Crippen LogP contribution is -2.59. The first kappa shape index (κ1) is 16.8. The van der Waals surface area contributed by atoms with Crippen LogP contribution in [0.2, 0.25) is 43.3 Å². The lowest BCUT2D eigenvalue weighted by atomic mass is 9.63. The zero-order chi connectivity index (χ0) is 18.1. The number of nitrogens with zero attached hydrogens (tertiary/aromatic N) is 1. The molecule has 1 saturated heterocycles. The van der Waals surface area contributed by atoms with E-state index in [-0.39, 0.29) is 27.4 Å². The van der Waals surface area contributed by atoms with Gasteiger partial charge in [0.25, 0.3) is 0 Å². The monoisotopic (exact) mass is 371 g/mol. The lowest BCUT2D eigenvalue weighted by molar-refractivity contribution is 0.0162. The zero-order valence-electron chi connectivity index (χ0n) is 16.8. The summed E-state index contributed by atoms with van der Waals surface area (Å²) in [4.78, 5) is 0. The first-order valence-electron chi connectivity index (χ1n) is 10.3. The van der Waals surface area contributed by atoms with E-state index in [4.69, 9.17) is 4.43 Å². The Morgan fingerprint density at radius 2 is 1.92 bits per heavy atom. The van der Waals surface area contributed by atoms with Crippen molar-refractivity contribution in [3.63, 3.8) is 0 Å². The third-order valence-corrected chi connectivity index (χ3v) is 16.2.